The van der Waals surface area contributed by atoms with Crippen LogP contribution >= 0.6 is 15.9 Å². The Balaban J connectivity index is 2.43. The van der Waals surface area contributed by atoms with E-state index in [-0.39, 0.29) is 4.90 Å². The summed E-state index contributed by atoms with van der Waals surface area (Å²) in [6, 6.07) is 11.3. The lowest BCUT2D eigenvalue weighted by Gasteiger charge is -2.12. The van der Waals surface area contributed by atoms with Crippen LogP contribution in [0.4, 0.5) is 11.4 Å². The first kappa shape index (κ1) is 15.4. The summed E-state index contributed by atoms with van der Waals surface area (Å²) in [4.78, 5) is 0.124. The zero-order valence-corrected chi connectivity index (χ0v) is 13.5. The van der Waals surface area contributed by atoms with Crippen molar-refractivity contribution in [3.05, 3.63) is 52.0 Å². The third-order valence-corrected chi connectivity index (χ3v) is 5.12. The number of rotatable bonds is 3. The van der Waals surface area contributed by atoms with Gasteiger partial charge in [-0.1, -0.05) is 6.07 Å². The molecule has 0 spiro atoms. The van der Waals surface area contributed by atoms with E-state index in [2.05, 4.69) is 20.7 Å². The van der Waals surface area contributed by atoms with Crippen LogP contribution in [0.2, 0.25) is 0 Å². The third kappa shape index (κ3) is 3.17. The van der Waals surface area contributed by atoms with Gasteiger partial charge in [0.15, 0.2) is 0 Å². The van der Waals surface area contributed by atoms with Gasteiger partial charge in [-0.05, 0) is 58.7 Å². The summed E-state index contributed by atoms with van der Waals surface area (Å²) in [7, 11) is -3.75. The maximum Gasteiger partial charge on any atom is 0.262 e. The molecule has 2 rings (SSSR count). The van der Waals surface area contributed by atoms with E-state index in [1.54, 1.807) is 25.1 Å². The number of hydrogen-bond acceptors (Lipinski definition) is 4. The van der Waals surface area contributed by atoms with Crippen LogP contribution < -0.4 is 10.5 Å². The minimum absolute atomic E-state index is 0.124. The lowest BCUT2D eigenvalue weighted by Crippen LogP contribution is -2.15. The van der Waals surface area contributed by atoms with E-state index < -0.39 is 10.0 Å². The summed E-state index contributed by atoms with van der Waals surface area (Å²) in [6.45, 7) is 1.65. The second-order valence-corrected chi connectivity index (χ2v) is 6.89. The standard InChI is InChI=1S/C14H12BrN3O2S/c1-9-12(17)3-2-4-14(9)21(19,20)18-13-6-5-10(8-16)7-11(13)15/h2-7,18H,17H2,1H3. The quantitative estimate of drug-likeness (QED) is 0.817. The number of benzene rings is 2. The van der Waals surface area contributed by atoms with Gasteiger partial charge in [-0.3, -0.25) is 4.72 Å². The number of nitriles is 1. The maximum absolute atomic E-state index is 12.4. The first-order valence-electron chi connectivity index (χ1n) is 5.92. The summed E-state index contributed by atoms with van der Waals surface area (Å²) in [5.74, 6) is 0. The SMILES string of the molecule is Cc1c(N)cccc1S(=O)(=O)Nc1ccc(C#N)cc1Br. The molecule has 0 aromatic heterocycles. The molecule has 0 unspecified atom stereocenters. The zero-order valence-electron chi connectivity index (χ0n) is 11.1. The Morgan fingerprint density at radius 2 is 2.00 bits per heavy atom. The number of nitrogens with one attached hydrogen (secondary N) is 1. The molecule has 0 fully saturated rings. The summed E-state index contributed by atoms with van der Waals surface area (Å²) < 4.78 is 27.8. The van der Waals surface area contributed by atoms with E-state index in [0.29, 0.717) is 27.0 Å². The van der Waals surface area contributed by atoms with Crippen LogP contribution in [0.3, 0.4) is 0 Å². The molecular formula is C14H12BrN3O2S. The number of nitrogens with zero attached hydrogens (tertiary/aromatic N) is 1. The van der Waals surface area contributed by atoms with Crippen molar-refractivity contribution in [2.24, 2.45) is 0 Å². The molecule has 0 saturated carbocycles. The first-order valence-corrected chi connectivity index (χ1v) is 8.20. The van der Waals surface area contributed by atoms with E-state index in [1.807, 2.05) is 6.07 Å². The molecule has 5 nitrogen and oxygen atoms in total. The van der Waals surface area contributed by atoms with Crippen LogP contribution in [-0.4, -0.2) is 8.42 Å². The minimum Gasteiger partial charge on any atom is -0.398 e. The Morgan fingerprint density at radius 3 is 2.62 bits per heavy atom. The lowest BCUT2D eigenvalue weighted by atomic mass is 10.2. The molecule has 0 radical (unpaired) electrons. The monoisotopic (exact) mass is 365 g/mol. The molecule has 0 atom stereocenters. The van der Waals surface area contributed by atoms with Crippen molar-refractivity contribution in [2.45, 2.75) is 11.8 Å². The molecule has 0 bridgehead atoms. The van der Waals surface area contributed by atoms with Crippen molar-refractivity contribution < 1.29 is 8.42 Å². The van der Waals surface area contributed by atoms with Crippen molar-refractivity contribution >= 4 is 37.3 Å². The molecule has 0 amide bonds. The average molecular weight is 366 g/mol. The van der Waals surface area contributed by atoms with E-state index in [9.17, 15) is 8.42 Å². The van der Waals surface area contributed by atoms with Crippen molar-refractivity contribution in [1.29, 1.82) is 5.26 Å². The molecule has 7 heteroatoms. The van der Waals surface area contributed by atoms with Crippen LogP contribution in [0, 0.1) is 18.3 Å². The molecule has 2 aromatic carbocycles. The van der Waals surface area contributed by atoms with Gasteiger partial charge in [0.1, 0.15) is 0 Å². The van der Waals surface area contributed by atoms with Crippen LogP contribution in [0.5, 0.6) is 0 Å². The fraction of sp³-hybridized carbons (Fsp3) is 0.0714. The summed E-state index contributed by atoms with van der Waals surface area (Å²) in [5, 5.41) is 8.81. The smallest absolute Gasteiger partial charge is 0.262 e. The van der Waals surface area contributed by atoms with Crippen molar-refractivity contribution in [2.75, 3.05) is 10.5 Å². The highest BCUT2D eigenvalue weighted by atomic mass is 79.9. The van der Waals surface area contributed by atoms with Gasteiger partial charge in [0.25, 0.3) is 10.0 Å². The molecule has 21 heavy (non-hydrogen) atoms. The van der Waals surface area contributed by atoms with Gasteiger partial charge in [0.2, 0.25) is 0 Å². The van der Waals surface area contributed by atoms with Gasteiger partial charge in [-0.2, -0.15) is 5.26 Å². The fourth-order valence-corrected chi connectivity index (χ4v) is 3.75. The average Bonchev–Trinajstić information content (AvgIpc) is 2.43. The Hall–Kier alpha value is -2.04. The van der Waals surface area contributed by atoms with Crippen LogP contribution in [-0.2, 0) is 10.0 Å². The van der Waals surface area contributed by atoms with Gasteiger partial charge >= 0.3 is 0 Å². The summed E-state index contributed by atoms with van der Waals surface area (Å²) >= 11 is 3.24. The molecule has 0 aliphatic rings. The normalized spacial score (nSPS) is 10.9. The highest BCUT2D eigenvalue weighted by Crippen LogP contribution is 2.28. The minimum atomic E-state index is -3.75. The second-order valence-electron chi connectivity index (χ2n) is 4.38. The van der Waals surface area contributed by atoms with Gasteiger partial charge < -0.3 is 5.73 Å². The molecule has 0 aliphatic carbocycles. The van der Waals surface area contributed by atoms with Crippen LogP contribution in [0.25, 0.3) is 0 Å². The zero-order chi connectivity index (χ0) is 15.6. The molecular weight excluding hydrogens is 354 g/mol. The molecule has 2 aromatic rings. The van der Waals surface area contributed by atoms with Crippen molar-refractivity contribution in [3.63, 3.8) is 0 Å². The molecule has 0 aliphatic heterocycles. The van der Waals surface area contributed by atoms with Gasteiger partial charge in [0, 0.05) is 10.2 Å². The topological polar surface area (TPSA) is 96.0 Å². The van der Waals surface area contributed by atoms with Gasteiger partial charge in [0.05, 0.1) is 22.2 Å². The number of nitrogens with two attached hydrogens (primary N) is 1. The highest BCUT2D eigenvalue weighted by molar-refractivity contribution is 9.10. The molecule has 3 N–H and O–H groups in total. The lowest BCUT2D eigenvalue weighted by molar-refractivity contribution is 0.600. The third-order valence-electron chi connectivity index (χ3n) is 2.96. The Morgan fingerprint density at radius 1 is 1.29 bits per heavy atom. The van der Waals surface area contributed by atoms with Crippen molar-refractivity contribution in [1.82, 2.24) is 0 Å². The Labute approximate surface area is 131 Å². The number of sulfonamides is 1. The van der Waals surface area contributed by atoms with E-state index in [1.165, 1.54) is 18.2 Å². The second kappa shape index (κ2) is 5.76. The predicted molar refractivity (Wildman–Crippen MR) is 85.3 cm³/mol. The Kier molecular flexibility index (Phi) is 4.21. The number of anilines is 2. The van der Waals surface area contributed by atoms with Gasteiger partial charge in [-0.25, -0.2) is 8.42 Å². The van der Waals surface area contributed by atoms with Gasteiger partial charge in [-0.15, -0.1) is 0 Å². The number of hydrogen-bond donors (Lipinski definition) is 2. The van der Waals surface area contributed by atoms with E-state index in [0.717, 1.165) is 0 Å². The Bertz CT molecular complexity index is 842. The van der Waals surface area contributed by atoms with E-state index in [4.69, 9.17) is 11.0 Å². The van der Waals surface area contributed by atoms with Crippen molar-refractivity contribution in [3.8, 4) is 6.07 Å². The number of halogens is 1. The van der Waals surface area contributed by atoms with E-state index >= 15 is 0 Å². The van der Waals surface area contributed by atoms with Crippen LogP contribution in [0.1, 0.15) is 11.1 Å². The maximum atomic E-state index is 12.4. The first-order chi connectivity index (χ1) is 9.85. The summed E-state index contributed by atoms with van der Waals surface area (Å²) in [5.41, 5.74) is 7.44. The molecule has 0 heterocycles. The molecule has 0 saturated heterocycles. The number of nitrogen functional groups attached to an aromatic ring is 1. The predicted octanol–water partition coefficient (Wildman–Crippen LogP) is 3.01. The van der Waals surface area contributed by atoms with Crippen LogP contribution in [0.15, 0.2) is 45.8 Å². The summed E-state index contributed by atoms with van der Waals surface area (Å²) in [6.07, 6.45) is 0. The highest BCUT2D eigenvalue weighted by Gasteiger charge is 2.19. The fourth-order valence-electron chi connectivity index (χ4n) is 1.79. The largest absolute Gasteiger partial charge is 0.398 e. The molecule has 108 valence electrons.